The molecule has 0 saturated carbocycles. The van der Waals surface area contributed by atoms with Crippen molar-refractivity contribution in [1.29, 1.82) is 5.26 Å². The molecule has 1 N–H and O–H groups in total. The molecular formula is C19H12BrClF3N5O3. The van der Waals surface area contributed by atoms with Gasteiger partial charge in [-0.1, -0.05) is 27.5 Å². The smallest absolute Gasteiger partial charge is 0.437 e. The van der Waals surface area contributed by atoms with Gasteiger partial charge in [-0.2, -0.15) is 18.4 Å². The van der Waals surface area contributed by atoms with Gasteiger partial charge in [0, 0.05) is 10.2 Å². The number of nitrogens with one attached hydrogen (secondary N) is 1. The van der Waals surface area contributed by atoms with Crippen LogP contribution in [0.3, 0.4) is 0 Å². The van der Waals surface area contributed by atoms with Crippen LogP contribution in [0, 0.1) is 25.2 Å². The average Bonchev–Trinajstić information content (AvgIpc) is 2.68. The first-order chi connectivity index (χ1) is 14.9. The Hall–Kier alpha value is -3.17. The fraction of sp³-hybridized carbons (Fsp3) is 0.211. The van der Waals surface area contributed by atoms with Crippen LogP contribution < -0.4 is 15.9 Å². The molecule has 32 heavy (non-hydrogen) atoms. The number of nitrogens with zero attached hydrogens (tertiary/aromatic N) is 4. The fourth-order valence-corrected chi connectivity index (χ4v) is 3.44. The lowest BCUT2D eigenvalue weighted by Gasteiger charge is -2.16. The summed E-state index contributed by atoms with van der Waals surface area (Å²) < 4.78 is 46.9. The first-order valence-electron chi connectivity index (χ1n) is 8.72. The van der Waals surface area contributed by atoms with Gasteiger partial charge in [0.25, 0.3) is 11.1 Å². The number of ether oxygens (including phenoxy) is 1. The highest BCUT2D eigenvalue weighted by Gasteiger charge is 2.39. The van der Waals surface area contributed by atoms with E-state index in [1.54, 1.807) is 13.0 Å². The van der Waals surface area contributed by atoms with Crippen molar-refractivity contribution < 1.29 is 17.9 Å². The van der Waals surface area contributed by atoms with Gasteiger partial charge in [0.05, 0.1) is 24.0 Å². The molecule has 1 aromatic carbocycles. The molecule has 0 unspecified atom stereocenters. The maximum absolute atomic E-state index is 13.5. The third-order valence-corrected chi connectivity index (χ3v) is 5.12. The molecule has 0 spiro atoms. The summed E-state index contributed by atoms with van der Waals surface area (Å²) in [5.74, 6) is -1.17. The number of benzene rings is 1. The van der Waals surface area contributed by atoms with Crippen LogP contribution in [-0.4, -0.2) is 19.5 Å². The Balaban J connectivity index is 2.18. The van der Waals surface area contributed by atoms with Gasteiger partial charge in [-0.25, -0.2) is 9.97 Å². The number of aromatic nitrogens is 4. The largest absolute Gasteiger partial charge is 0.448 e. The van der Waals surface area contributed by atoms with Gasteiger partial charge in [-0.3, -0.25) is 14.2 Å². The molecule has 2 aromatic heterocycles. The van der Waals surface area contributed by atoms with E-state index in [1.807, 2.05) is 0 Å². The number of halogens is 5. The second-order valence-electron chi connectivity index (χ2n) is 6.55. The first-order valence-corrected chi connectivity index (χ1v) is 9.89. The number of hydrogen-bond acceptors (Lipinski definition) is 6. The van der Waals surface area contributed by atoms with Crippen molar-refractivity contribution in [3.63, 3.8) is 0 Å². The molecule has 0 aliphatic carbocycles. The Morgan fingerprint density at radius 2 is 2.00 bits per heavy atom. The van der Waals surface area contributed by atoms with Crippen molar-refractivity contribution in [2.45, 2.75) is 26.6 Å². The molecule has 0 radical (unpaired) electrons. The van der Waals surface area contributed by atoms with Gasteiger partial charge in [0.15, 0.2) is 5.69 Å². The Bertz CT molecular complexity index is 1380. The number of hydrogen-bond donors (Lipinski definition) is 1. The van der Waals surface area contributed by atoms with E-state index in [0.29, 0.717) is 22.3 Å². The van der Waals surface area contributed by atoms with Crippen molar-refractivity contribution in [3.05, 3.63) is 77.0 Å². The minimum Gasteiger partial charge on any atom is -0.448 e. The molecule has 3 aromatic rings. The zero-order valence-corrected chi connectivity index (χ0v) is 18.7. The van der Waals surface area contributed by atoms with E-state index in [1.165, 1.54) is 19.1 Å². The number of rotatable bonds is 4. The number of aromatic amines is 1. The number of nitriles is 1. The summed E-state index contributed by atoms with van der Waals surface area (Å²) in [6, 6.07) is 4.32. The molecule has 0 fully saturated rings. The second-order valence-corrected chi connectivity index (χ2v) is 7.84. The lowest BCUT2D eigenvalue weighted by molar-refractivity contribution is -0.142. The minimum absolute atomic E-state index is 0.0671. The van der Waals surface area contributed by atoms with Gasteiger partial charge in [-0.05, 0) is 26.0 Å². The third kappa shape index (κ3) is 4.68. The van der Waals surface area contributed by atoms with E-state index in [2.05, 4.69) is 30.9 Å². The van der Waals surface area contributed by atoms with E-state index in [0.717, 1.165) is 4.57 Å². The molecule has 13 heteroatoms. The topological polar surface area (TPSA) is 114 Å². The molecule has 0 aliphatic rings. The summed E-state index contributed by atoms with van der Waals surface area (Å²) in [5, 5.41) is 8.86. The quantitative estimate of drug-likeness (QED) is 0.544. The maximum atomic E-state index is 13.5. The molecule has 0 amide bonds. The molecule has 0 atom stereocenters. The Labute approximate surface area is 191 Å². The predicted octanol–water partition coefficient (Wildman–Crippen LogP) is 4.09. The summed E-state index contributed by atoms with van der Waals surface area (Å²) >= 11 is 9.15. The van der Waals surface area contributed by atoms with Crippen molar-refractivity contribution in [1.82, 2.24) is 19.5 Å². The van der Waals surface area contributed by atoms with Crippen LogP contribution in [0.15, 0.2) is 32.5 Å². The lowest BCUT2D eigenvalue weighted by atomic mass is 10.2. The van der Waals surface area contributed by atoms with Gasteiger partial charge >= 0.3 is 6.18 Å². The standard InChI is InChI=1S/C19H12BrClF3N5O3/c1-8-12(17(30)28-9(2)27-8)6-29-7-26-16(19(22,23)24)15(18(29)31)32-13-4-11(20)3-10(5-25)14(13)21/h3-4,7H,6H2,1-2H3,(H,27,28,30). The molecule has 3 rings (SSSR count). The van der Waals surface area contributed by atoms with E-state index < -0.39 is 35.3 Å². The molecule has 166 valence electrons. The average molecular weight is 531 g/mol. The van der Waals surface area contributed by atoms with E-state index in [9.17, 15) is 22.8 Å². The molecule has 0 aliphatic heterocycles. The van der Waals surface area contributed by atoms with Crippen molar-refractivity contribution in [2.24, 2.45) is 0 Å². The van der Waals surface area contributed by atoms with Crippen molar-refractivity contribution in [3.8, 4) is 17.6 Å². The van der Waals surface area contributed by atoms with Crippen LogP contribution in [0.25, 0.3) is 0 Å². The molecule has 0 saturated heterocycles. The summed E-state index contributed by atoms with van der Waals surface area (Å²) in [5.41, 5.74) is -3.05. The maximum Gasteiger partial charge on any atom is 0.437 e. The van der Waals surface area contributed by atoms with Crippen LogP contribution in [0.2, 0.25) is 5.02 Å². The van der Waals surface area contributed by atoms with Crippen molar-refractivity contribution in [2.75, 3.05) is 0 Å². The van der Waals surface area contributed by atoms with Gasteiger partial charge < -0.3 is 9.72 Å². The SMILES string of the molecule is Cc1nc(C)c(Cn2cnc(C(F)(F)F)c(Oc3cc(Br)cc(C#N)c3Cl)c2=O)c(=O)[nH]1. The van der Waals surface area contributed by atoms with Crippen molar-refractivity contribution >= 4 is 27.5 Å². The van der Waals surface area contributed by atoms with Crippen LogP contribution in [-0.2, 0) is 12.7 Å². The van der Waals surface area contributed by atoms with Crippen LogP contribution in [0.1, 0.15) is 28.3 Å². The van der Waals surface area contributed by atoms with E-state index >= 15 is 0 Å². The predicted molar refractivity (Wildman–Crippen MR) is 111 cm³/mol. The van der Waals surface area contributed by atoms with Gasteiger partial charge in [-0.15, -0.1) is 0 Å². The summed E-state index contributed by atoms with van der Waals surface area (Å²) in [4.78, 5) is 35.1. The monoisotopic (exact) mass is 529 g/mol. The fourth-order valence-electron chi connectivity index (χ4n) is 2.81. The molecule has 0 bridgehead atoms. The number of aryl methyl sites for hydroxylation is 2. The summed E-state index contributed by atoms with van der Waals surface area (Å²) in [6.07, 6.45) is -4.36. The zero-order chi connectivity index (χ0) is 23.8. The number of H-pyrrole nitrogens is 1. The molecule has 2 heterocycles. The number of alkyl halides is 3. The second kappa shape index (κ2) is 8.76. The van der Waals surface area contributed by atoms with Crippen LogP contribution in [0.4, 0.5) is 13.2 Å². The minimum atomic E-state index is -5.02. The normalized spacial score (nSPS) is 11.3. The zero-order valence-electron chi connectivity index (χ0n) is 16.3. The Morgan fingerprint density at radius 1 is 1.31 bits per heavy atom. The van der Waals surface area contributed by atoms with Gasteiger partial charge in [0.2, 0.25) is 5.75 Å². The van der Waals surface area contributed by atoms with E-state index in [4.69, 9.17) is 21.6 Å². The van der Waals surface area contributed by atoms with Gasteiger partial charge in [0.1, 0.15) is 22.7 Å². The highest BCUT2D eigenvalue weighted by atomic mass is 79.9. The Kier molecular flexibility index (Phi) is 6.43. The third-order valence-electron chi connectivity index (χ3n) is 4.27. The first kappa shape index (κ1) is 23.5. The van der Waals surface area contributed by atoms with Crippen LogP contribution >= 0.6 is 27.5 Å². The highest BCUT2D eigenvalue weighted by Crippen LogP contribution is 2.38. The Morgan fingerprint density at radius 3 is 2.59 bits per heavy atom. The lowest BCUT2D eigenvalue weighted by Crippen LogP contribution is -2.29. The van der Waals surface area contributed by atoms with E-state index in [-0.39, 0.29) is 21.9 Å². The molecular weight excluding hydrogens is 519 g/mol. The highest BCUT2D eigenvalue weighted by molar-refractivity contribution is 9.10. The molecule has 8 nitrogen and oxygen atoms in total. The van der Waals surface area contributed by atoms with Crippen LogP contribution in [0.5, 0.6) is 11.5 Å². The summed E-state index contributed by atoms with van der Waals surface area (Å²) in [6.45, 7) is 2.69. The summed E-state index contributed by atoms with van der Waals surface area (Å²) in [7, 11) is 0.